The molecule has 0 aliphatic rings. The lowest BCUT2D eigenvalue weighted by Crippen LogP contribution is -2.52. The predicted octanol–water partition coefficient (Wildman–Crippen LogP) is 2.32. The van der Waals surface area contributed by atoms with E-state index in [4.69, 9.17) is 5.26 Å². The fourth-order valence-corrected chi connectivity index (χ4v) is 0.417. The Hall–Kier alpha value is -1.20. The summed E-state index contributed by atoms with van der Waals surface area (Å²) >= 11 is 0. The molecule has 9 heteroatoms. The van der Waals surface area contributed by atoms with Gasteiger partial charge in [-0.25, -0.2) is 8.78 Å². The van der Waals surface area contributed by atoms with E-state index in [1.54, 1.807) is 0 Å². The van der Waals surface area contributed by atoms with Crippen molar-refractivity contribution < 1.29 is 35.5 Å². The Bertz CT molecular complexity index is 235. The van der Waals surface area contributed by atoms with Crippen LogP contribution in [0.2, 0.25) is 0 Å². The van der Waals surface area contributed by atoms with Crippen LogP contribution in [0.15, 0.2) is 0 Å². The van der Waals surface area contributed by atoms with E-state index in [1.165, 1.54) is 0 Å². The minimum atomic E-state index is -5.90. The predicted molar refractivity (Wildman–Crippen MR) is 27.5 cm³/mol. The molecule has 0 aliphatic carbocycles. The summed E-state index contributed by atoms with van der Waals surface area (Å²) in [6.07, 6.45) is -8.53. The van der Waals surface area contributed by atoms with Crippen LogP contribution in [0.25, 0.3) is 0 Å². The highest BCUT2D eigenvalue weighted by molar-refractivity contribution is 4.90. The molecule has 14 heavy (non-hydrogen) atoms. The molecule has 0 aromatic carbocycles. The molecule has 0 saturated carbocycles. The van der Waals surface area contributed by atoms with E-state index in [9.17, 15) is 30.7 Å². The van der Waals surface area contributed by atoms with Gasteiger partial charge in [-0.3, -0.25) is 0 Å². The molecule has 82 valence electrons. The molecule has 1 atom stereocenters. The molecular weight excluding hydrogens is 223 g/mol. The quantitative estimate of drug-likeness (QED) is 0.543. The van der Waals surface area contributed by atoms with Crippen LogP contribution in [0.1, 0.15) is 0 Å². The molecule has 0 aromatic heterocycles. The molecule has 0 aliphatic heterocycles. The SMILES string of the molecule is N#COC(F)C(F)(F)C(F)(F)C(F)F. The van der Waals surface area contributed by atoms with E-state index in [2.05, 4.69) is 4.74 Å². The molecule has 0 rings (SSSR count). The van der Waals surface area contributed by atoms with Crippen LogP contribution in [0, 0.1) is 11.5 Å². The summed E-state index contributed by atoms with van der Waals surface area (Å²) in [5.41, 5.74) is 0. The largest absolute Gasteiger partial charge is 0.384 e. The molecule has 0 radical (unpaired) electrons. The number of nitriles is 1. The van der Waals surface area contributed by atoms with Crippen molar-refractivity contribution in [3.63, 3.8) is 0 Å². The molecule has 1 unspecified atom stereocenters. The number of halogens is 7. The Balaban J connectivity index is 4.85. The fourth-order valence-electron chi connectivity index (χ4n) is 0.417. The van der Waals surface area contributed by atoms with Gasteiger partial charge < -0.3 is 4.74 Å². The number of hydrogen-bond donors (Lipinski definition) is 0. The van der Waals surface area contributed by atoms with Crippen LogP contribution < -0.4 is 0 Å². The Morgan fingerprint density at radius 2 is 1.43 bits per heavy atom. The molecule has 0 bridgehead atoms. The molecule has 0 heterocycles. The molecule has 0 spiro atoms. The minimum absolute atomic E-state index is 0.351. The van der Waals surface area contributed by atoms with Crippen molar-refractivity contribution in [2.45, 2.75) is 24.6 Å². The van der Waals surface area contributed by atoms with E-state index in [0.29, 0.717) is 6.26 Å². The highest BCUT2D eigenvalue weighted by atomic mass is 19.3. The van der Waals surface area contributed by atoms with E-state index in [1.807, 2.05) is 0 Å². The van der Waals surface area contributed by atoms with Crippen LogP contribution in [0.3, 0.4) is 0 Å². The second-order valence-electron chi connectivity index (χ2n) is 2.07. The van der Waals surface area contributed by atoms with Gasteiger partial charge in [0.25, 0.3) is 6.26 Å². The van der Waals surface area contributed by atoms with E-state index in [-0.39, 0.29) is 0 Å². The van der Waals surface area contributed by atoms with Crippen LogP contribution in [-0.2, 0) is 4.74 Å². The van der Waals surface area contributed by atoms with Gasteiger partial charge in [0.05, 0.1) is 0 Å². The first-order valence-electron chi connectivity index (χ1n) is 2.90. The summed E-state index contributed by atoms with van der Waals surface area (Å²) in [5.74, 6) is -11.7. The maximum atomic E-state index is 12.2. The maximum Gasteiger partial charge on any atom is 0.381 e. The molecule has 0 saturated heterocycles. The third kappa shape index (κ3) is 2.00. The van der Waals surface area contributed by atoms with Crippen molar-refractivity contribution in [2.75, 3.05) is 0 Å². The van der Waals surface area contributed by atoms with Crippen LogP contribution in [-0.4, -0.2) is 24.6 Å². The molecule has 0 aromatic rings. The zero-order valence-corrected chi connectivity index (χ0v) is 6.16. The Kier molecular flexibility index (Phi) is 3.56. The second kappa shape index (κ2) is 3.89. The van der Waals surface area contributed by atoms with Gasteiger partial charge in [-0.05, 0) is 0 Å². The average molecular weight is 225 g/mol. The lowest BCUT2D eigenvalue weighted by Gasteiger charge is -2.26. The first kappa shape index (κ1) is 12.8. The smallest absolute Gasteiger partial charge is 0.381 e. The molecule has 0 amide bonds. The first-order valence-corrected chi connectivity index (χ1v) is 2.90. The number of ether oxygens (including phenoxy) is 1. The summed E-state index contributed by atoms with van der Waals surface area (Å²) < 4.78 is 85.8. The van der Waals surface area contributed by atoms with Gasteiger partial charge in [-0.2, -0.15) is 27.2 Å². The number of nitrogens with zero attached hydrogens (tertiary/aromatic N) is 1. The van der Waals surface area contributed by atoms with Gasteiger partial charge in [0.1, 0.15) is 0 Å². The third-order valence-electron chi connectivity index (χ3n) is 1.16. The highest BCUT2D eigenvalue weighted by Gasteiger charge is 2.69. The standard InChI is InChI=1S/C5H2F7NO/c6-2(7)4(9,10)5(11,12)3(8)14-1-13/h2-3H. The Morgan fingerprint density at radius 3 is 1.71 bits per heavy atom. The van der Waals surface area contributed by atoms with E-state index < -0.39 is 24.6 Å². The molecule has 2 nitrogen and oxygen atoms in total. The monoisotopic (exact) mass is 225 g/mol. The maximum absolute atomic E-state index is 12.2. The second-order valence-corrected chi connectivity index (χ2v) is 2.07. The van der Waals surface area contributed by atoms with Gasteiger partial charge in [0, 0.05) is 0 Å². The van der Waals surface area contributed by atoms with Crippen LogP contribution >= 0.6 is 0 Å². The Labute approximate surface area is 72.9 Å². The summed E-state index contributed by atoms with van der Waals surface area (Å²) in [4.78, 5) is 0. The van der Waals surface area contributed by atoms with Gasteiger partial charge >= 0.3 is 24.6 Å². The number of alkyl halides is 7. The zero-order valence-electron chi connectivity index (χ0n) is 6.16. The van der Waals surface area contributed by atoms with Gasteiger partial charge in [0.15, 0.2) is 0 Å². The molecular formula is C5H2F7NO. The van der Waals surface area contributed by atoms with Gasteiger partial charge in [-0.1, -0.05) is 0 Å². The van der Waals surface area contributed by atoms with Crippen molar-refractivity contribution >= 4 is 0 Å². The highest BCUT2D eigenvalue weighted by Crippen LogP contribution is 2.42. The van der Waals surface area contributed by atoms with Gasteiger partial charge in [0.2, 0.25) is 0 Å². The molecule has 0 fully saturated rings. The normalized spacial score (nSPS) is 15.1. The fraction of sp³-hybridized carbons (Fsp3) is 0.800. The van der Waals surface area contributed by atoms with E-state index in [0.717, 1.165) is 0 Å². The zero-order chi connectivity index (χ0) is 11.6. The van der Waals surface area contributed by atoms with Crippen molar-refractivity contribution in [3.8, 4) is 6.26 Å². The minimum Gasteiger partial charge on any atom is -0.384 e. The van der Waals surface area contributed by atoms with E-state index >= 15 is 0 Å². The molecule has 0 N–H and O–H groups in total. The first-order chi connectivity index (χ1) is 6.17. The van der Waals surface area contributed by atoms with Crippen LogP contribution in [0.4, 0.5) is 30.7 Å². The van der Waals surface area contributed by atoms with Crippen LogP contribution in [0.5, 0.6) is 0 Å². The average Bonchev–Trinajstić information content (AvgIpc) is 2.04. The summed E-state index contributed by atoms with van der Waals surface area (Å²) in [6, 6.07) is 0. The van der Waals surface area contributed by atoms with Gasteiger partial charge in [-0.15, -0.1) is 0 Å². The van der Waals surface area contributed by atoms with Crippen molar-refractivity contribution in [3.05, 3.63) is 0 Å². The Morgan fingerprint density at radius 1 is 1.00 bits per heavy atom. The topological polar surface area (TPSA) is 33.0 Å². The lowest BCUT2D eigenvalue weighted by molar-refractivity contribution is -0.315. The number of hydrogen-bond acceptors (Lipinski definition) is 2. The van der Waals surface area contributed by atoms with Crippen molar-refractivity contribution in [2.24, 2.45) is 0 Å². The summed E-state index contributed by atoms with van der Waals surface area (Å²) in [7, 11) is 0. The summed E-state index contributed by atoms with van der Waals surface area (Å²) in [6.45, 7) is 0. The number of rotatable bonds is 4. The van der Waals surface area contributed by atoms with Crippen molar-refractivity contribution in [1.29, 1.82) is 5.26 Å². The third-order valence-corrected chi connectivity index (χ3v) is 1.16. The van der Waals surface area contributed by atoms with Crippen molar-refractivity contribution in [1.82, 2.24) is 0 Å². The summed E-state index contributed by atoms with van der Waals surface area (Å²) in [5, 5.41) is 7.53. The lowest BCUT2D eigenvalue weighted by atomic mass is 10.2.